The van der Waals surface area contributed by atoms with Gasteiger partial charge in [-0.05, 0) is 25.7 Å². The zero-order chi connectivity index (χ0) is 13.4. The van der Waals surface area contributed by atoms with E-state index in [0.717, 1.165) is 12.8 Å². The number of rotatable bonds is 7. The Morgan fingerprint density at radius 3 is 2.50 bits per heavy atom. The van der Waals surface area contributed by atoms with E-state index >= 15 is 0 Å². The summed E-state index contributed by atoms with van der Waals surface area (Å²) in [6.07, 6.45) is 4.82. The fraction of sp³-hybridized carbons (Fsp3) is 0.769. The van der Waals surface area contributed by atoms with Crippen molar-refractivity contribution >= 4 is 17.7 Å². The molecule has 18 heavy (non-hydrogen) atoms. The number of nitrogens with one attached hydrogen (secondary N) is 1. The number of ether oxygens (including phenoxy) is 1. The summed E-state index contributed by atoms with van der Waals surface area (Å²) in [7, 11) is 0. The molecule has 1 aliphatic carbocycles. The molecule has 0 atom stereocenters. The summed E-state index contributed by atoms with van der Waals surface area (Å²) in [4.78, 5) is 33.9. The van der Waals surface area contributed by atoms with Crippen molar-refractivity contribution in [1.82, 2.24) is 5.32 Å². The highest BCUT2D eigenvalue weighted by atomic mass is 16.5. The highest BCUT2D eigenvalue weighted by Gasteiger charge is 2.19. The lowest BCUT2D eigenvalue weighted by Crippen LogP contribution is -2.31. The summed E-state index contributed by atoms with van der Waals surface area (Å²) >= 11 is 0. The Hall–Kier alpha value is -1.39. The summed E-state index contributed by atoms with van der Waals surface area (Å²) in [6.45, 7) is 1.87. The second-order valence-electron chi connectivity index (χ2n) is 4.65. The third-order valence-corrected chi connectivity index (χ3v) is 3.08. The van der Waals surface area contributed by atoms with Gasteiger partial charge in [0.25, 0.3) is 0 Å². The monoisotopic (exact) mass is 255 g/mol. The van der Waals surface area contributed by atoms with Crippen molar-refractivity contribution in [3.63, 3.8) is 0 Å². The van der Waals surface area contributed by atoms with Gasteiger partial charge in [-0.3, -0.25) is 14.4 Å². The summed E-state index contributed by atoms with van der Waals surface area (Å²) in [5.74, 6) is -0.481. The van der Waals surface area contributed by atoms with Crippen molar-refractivity contribution < 1.29 is 19.1 Å². The Bertz CT molecular complexity index is 308. The molecule has 1 aliphatic rings. The molecule has 5 nitrogen and oxygen atoms in total. The number of hydrogen-bond donors (Lipinski definition) is 1. The molecule has 0 aliphatic heterocycles. The van der Waals surface area contributed by atoms with E-state index in [2.05, 4.69) is 10.1 Å². The first-order valence-corrected chi connectivity index (χ1v) is 6.55. The predicted octanol–water partition coefficient (Wildman–Crippen LogP) is 1.21. The van der Waals surface area contributed by atoms with Gasteiger partial charge >= 0.3 is 5.97 Å². The van der Waals surface area contributed by atoms with Crippen molar-refractivity contribution in [3.8, 4) is 0 Å². The van der Waals surface area contributed by atoms with Crippen molar-refractivity contribution in [1.29, 1.82) is 0 Å². The lowest BCUT2D eigenvalue weighted by Gasteiger charge is -2.08. The molecule has 5 heteroatoms. The molecule has 1 rings (SSSR count). The standard InChI is InChI=1S/C13H21NO4/c1-2-18-13(17)8-11(15)9-14-12(16)7-10-5-3-4-6-10/h10H,2-9H2,1H3,(H,14,16). The zero-order valence-corrected chi connectivity index (χ0v) is 10.9. The molecule has 0 aromatic carbocycles. The van der Waals surface area contributed by atoms with Crippen LogP contribution in [0.1, 0.15) is 45.4 Å². The van der Waals surface area contributed by atoms with E-state index in [4.69, 9.17) is 0 Å². The van der Waals surface area contributed by atoms with E-state index < -0.39 is 5.97 Å². The van der Waals surface area contributed by atoms with Gasteiger partial charge in [-0.25, -0.2) is 0 Å². The summed E-state index contributed by atoms with van der Waals surface area (Å²) < 4.78 is 4.65. The maximum Gasteiger partial charge on any atom is 0.313 e. The lowest BCUT2D eigenvalue weighted by atomic mass is 10.0. The maximum absolute atomic E-state index is 11.5. The lowest BCUT2D eigenvalue weighted by molar-refractivity contribution is -0.145. The minimum absolute atomic E-state index is 0.0790. The van der Waals surface area contributed by atoms with E-state index in [1.807, 2.05) is 0 Å². The van der Waals surface area contributed by atoms with Gasteiger partial charge in [-0.1, -0.05) is 12.8 Å². The number of esters is 1. The Balaban J connectivity index is 2.13. The van der Waals surface area contributed by atoms with Crippen LogP contribution in [-0.2, 0) is 19.1 Å². The van der Waals surface area contributed by atoms with E-state index in [1.54, 1.807) is 6.92 Å². The molecular weight excluding hydrogens is 234 g/mol. The minimum atomic E-state index is -0.535. The smallest absolute Gasteiger partial charge is 0.313 e. The van der Waals surface area contributed by atoms with Gasteiger partial charge in [0.1, 0.15) is 6.42 Å². The molecule has 0 radical (unpaired) electrons. The number of amides is 1. The van der Waals surface area contributed by atoms with E-state index in [9.17, 15) is 14.4 Å². The molecule has 102 valence electrons. The van der Waals surface area contributed by atoms with Gasteiger partial charge < -0.3 is 10.1 Å². The number of carbonyl (C=O) groups excluding carboxylic acids is 3. The number of Topliss-reactive ketones (excluding diaryl/α,β-unsaturated/α-hetero) is 1. The van der Waals surface area contributed by atoms with Gasteiger partial charge in [0, 0.05) is 6.42 Å². The fourth-order valence-electron chi connectivity index (χ4n) is 2.18. The van der Waals surface area contributed by atoms with Crippen LogP contribution in [0.25, 0.3) is 0 Å². The van der Waals surface area contributed by atoms with Crippen LogP contribution >= 0.6 is 0 Å². The van der Waals surface area contributed by atoms with Crippen molar-refractivity contribution in [2.45, 2.75) is 45.4 Å². The average Bonchev–Trinajstić information content (AvgIpc) is 2.79. The highest BCUT2D eigenvalue weighted by Crippen LogP contribution is 2.27. The third kappa shape index (κ3) is 5.80. The van der Waals surface area contributed by atoms with Crippen LogP contribution in [0.3, 0.4) is 0 Å². The van der Waals surface area contributed by atoms with Crippen LogP contribution in [0.15, 0.2) is 0 Å². The minimum Gasteiger partial charge on any atom is -0.466 e. The quantitative estimate of drug-likeness (QED) is 0.548. The van der Waals surface area contributed by atoms with Crippen LogP contribution in [0.5, 0.6) is 0 Å². The molecule has 0 aromatic heterocycles. The van der Waals surface area contributed by atoms with E-state index in [-0.39, 0.29) is 31.3 Å². The molecule has 0 heterocycles. The Morgan fingerprint density at radius 1 is 1.22 bits per heavy atom. The second kappa shape index (κ2) is 7.84. The van der Waals surface area contributed by atoms with Crippen LogP contribution in [-0.4, -0.2) is 30.8 Å². The van der Waals surface area contributed by atoms with Crippen LogP contribution in [0, 0.1) is 5.92 Å². The van der Waals surface area contributed by atoms with Gasteiger partial charge in [0.05, 0.1) is 13.2 Å². The number of ketones is 1. The predicted molar refractivity (Wildman–Crippen MR) is 65.8 cm³/mol. The highest BCUT2D eigenvalue weighted by molar-refractivity contribution is 5.97. The summed E-state index contributed by atoms with van der Waals surface area (Å²) in [6, 6.07) is 0. The van der Waals surface area contributed by atoms with Gasteiger partial charge in [-0.2, -0.15) is 0 Å². The summed E-state index contributed by atoms with van der Waals surface area (Å²) in [5.41, 5.74) is 0. The normalized spacial score (nSPS) is 15.4. The van der Waals surface area contributed by atoms with E-state index in [0.29, 0.717) is 12.3 Å². The average molecular weight is 255 g/mol. The van der Waals surface area contributed by atoms with Gasteiger partial charge in [0.2, 0.25) is 5.91 Å². The third-order valence-electron chi connectivity index (χ3n) is 3.08. The molecule has 0 unspecified atom stereocenters. The van der Waals surface area contributed by atoms with Crippen LogP contribution in [0.4, 0.5) is 0 Å². The fourth-order valence-corrected chi connectivity index (χ4v) is 2.18. The molecule has 1 N–H and O–H groups in total. The molecule has 1 fully saturated rings. The maximum atomic E-state index is 11.5. The van der Waals surface area contributed by atoms with Gasteiger partial charge in [-0.15, -0.1) is 0 Å². The van der Waals surface area contributed by atoms with Crippen LogP contribution < -0.4 is 5.32 Å². The Morgan fingerprint density at radius 2 is 1.89 bits per heavy atom. The first kappa shape index (κ1) is 14.7. The molecule has 1 amide bonds. The largest absolute Gasteiger partial charge is 0.466 e. The molecule has 1 saturated carbocycles. The van der Waals surface area contributed by atoms with Gasteiger partial charge in [0.15, 0.2) is 5.78 Å². The first-order valence-electron chi connectivity index (χ1n) is 6.55. The zero-order valence-electron chi connectivity index (χ0n) is 10.9. The SMILES string of the molecule is CCOC(=O)CC(=O)CNC(=O)CC1CCCC1. The number of hydrogen-bond acceptors (Lipinski definition) is 4. The molecule has 0 aromatic rings. The molecule has 0 spiro atoms. The Kier molecular flexibility index (Phi) is 6.39. The van der Waals surface area contributed by atoms with Crippen molar-refractivity contribution in [2.75, 3.05) is 13.2 Å². The van der Waals surface area contributed by atoms with Crippen molar-refractivity contribution in [2.24, 2.45) is 5.92 Å². The topological polar surface area (TPSA) is 72.5 Å². The first-order chi connectivity index (χ1) is 8.61. The number of carbonyl (C=O) groups is 3. The van der Waals surface area contributed by atoms with Crippen molar-refractivity contribution in [3.05, 3.63) is 0 Å². The van der Waals surface area contributed by atoms with E-state index in [1.165, 1.54) is 12.8 Å². The van der Waals surface area contributed by atoms with Crippen LogP contribution in [0.2, 0.25) is 0 Å². The molecule has 0 saturated heterocycles. The Labute approximate surface area is 107 Å². The molecule has 0 bridgehead atoms. The summed E-state index contributed by atoms with van der Waals surface area (Å²) in [5, 5.41) is 2.56. The molecular formula is C13H21NO4. The second-order valence-corrected chi connectivity index (χ2v) is 4.65.